The van der Waals surface area contributed by atoms with Crippen molar-refractivity contribution < 1.29 is 9.72 Å². The van der Waals surface area contributed by atoms with Gasteiger partial charge in [0.25, 0.3) is 17.2 Å². The van der Waals surface area contributed by atoms with Gasteiger partial charge in [-0.3, -0.25) is 24.4 Å². The van der Waals surface area contributed by atoms with Gasteiger partial charge in [0.15, 0.2) is 0 Å². The first-order valence-electron chi connectivity index (χ1n) is 12.2. The van der Waals surface area contributed by atoms with Crippen LogP contribution < -0.4 is 10.6 Å². The fraction of sp³-hybridized carbons (Fsp3) is 0.172. The summed E-state index contributed by atoms with van der Waals surface area (Å²) in [6.07, 6.45) is 0. The minimum atomic E-state index is -0.471. The molecule has 1 fully saturated rings. The number of carbonyl (C=O) groups is 1. The molecule has 0 spiro atoms. The summed E-state index contributed by atoms with van der Waals surface area (Å²) in [6, 6.07) is 24.2. The second kappa shape index (κ2) is 9.60. The highest BCUT2D eigenvalue weighted by Crippen LogP contribution is 2.38. The van der Waals surface area contributed by atoms with Gasteiger partial charge in [-0.2, -0.15) is 0 Å². The lowest BCUT2D eigenvalue weighted by Crippen LogP contribution is -2.38. The average Bonchev–Trinajstić information content (AvgIpc) is 3.28. The number of non-ortho nitro benzene ring substituents is 1. The third-order valence-corrected chi connectivity index (χ3v) is 7.16. The second-order valence-corrected chi connectivity index (χ2v) is 9.23. The maximum atomic E-state index is 14.1. The van der Waals surface area contributed by atoms with E-state index in [9.17, 15) is 19.7 Å². The quantitative estimate of drug-likeness (QED) is 0.225. The third-order valence-electron chi connectivity index (χ3n) is 7.16. The molecule has 1 aliphatic heterocycles. The van der Waals surface area contributed by atoms with Crippen LogP contribution in [0.1, 0.15) is 23.7 Å². The zero-order chi connectivity index (χ0) is 27.1. The topological polar surface area (TPSA) is 93.6 Å². The van der Waals surface area contributed by atoms with Crippen LogP contribution in [0.2, 0.25) is 0 Å². The molecule has 5 rings (SSSR count). The molecule has 9 heteroatoms. The number of rotatable bonds is 5. The van der Waals surface area contributed by atoms with E-state index in [2.05, 4.69) is 0 Å². The van der Waals surface area contributed by atoms with E-state index in [1.54, 1.807) is 33.6 Å². The first-order chi connectivity index (χ1) is 18.2. The predicted octanol–water partition coefficient (Wildman–Crippen LogP) is 4.48. The van der Waals surface area contributed by atoms with Crippen molar-refractivity contribution in [2.24, 2.45) is 7.05 Å². The van der Waals surface area contributed by atoms with Gasteiger partial charge in [0, 0.05) is 43.1 Å². The zero-order valence-electron chi connectivity index (χ0n) is 21.5. The second-order valence-electron chi connectivity index (χ2n) is 9.23. The van der Waals surface area contributed by atoms with Gasteiger partial charge in [-0.15, -0.1) is 0 Å². The van der Waals surface area contributed by atoms with Crippen LogP contribution in [-0.4, -0.2) is 38.3 Å². The maximum Gasteiger partial charge on any atom is 0.279 e. The monoisotopic (exact) mass is 509 g/mol. The van der Waals surface area contributed by atoms with E-state index < -0.39 is 4.92 Å². The van der Waals surface area contributed by atoms with Crippen LogP contribution in [0.3, 0.4) is 0 Å². The van der Waals surface area contributed by atoms with Crippen molar-refractivity contribution in [2.75, 3.05) is 12.1 Å². The van der Waals surface area contributed by atoms with E-state index in [-0.39, 0.29) is 23.2 Å². The van der Waals surface area contributed by atoms with E-state index in [1.165, 1.54) is 12.1 Å². The number of likely N-dealkylation sites (N-methyl/N-ethyl adjacent to an activating group) is 1. The van der Waals surface area contributed by atoms with Crippen LogP contribution in [0.4, 0.5) is 11.4 Å². The number of amides is 1. The molecule has 1 unspecified atom stereocenters. The molecular formula is C29H27N5O4. The highest BCUT2D eigenvalue weighted by Gasteiger charge is 2.42. The minimum absolute atomic E-state index is 0.0709. The normalized spacial score (nSPS) is 17.2. The fourth-order valence-electron chi connectivity index (χ4n) is 5.02. The van der Waals surface area contributed by atoms with Gasteiger partial charge >= 0.3 is 0 Å². The van der Waals surface area contributed by atoms with Crippen molar-refractivity contribution in [2.45, 2.75) is 19.9 Å². The molecule has 0 aliphatic carbocycles. The maximum absolute atomic E-state index is 14.1. The summed E-state index contributed by atoms with van der Waals surface area (Å²) < 4.78 is 3.33. The molecule has 3 aromatic carbocycles. The van der Waals surface area contributed by atoms with Crippen molar-refractivity contribution in [3.05, 3.63) is 128 Å². The molecule has 1 saturated heterocycles. The number of hydrazine groups is 1. The smallest absolute Gasteiger partial charge is 0.279 e. The van der Waals surface area contributed by atoms with Gasteiger partial charge in [0.1, 0.15) is 0 Å². The molecule has 2 heterocycles. The SMILES string of the molecule is Cc1c(/C(=C2/C(=O)N(c3ccccc3)N(C)C2C)c2ccc([N+](=O)[O-])cc2)c(=O)n(-c2ccccc2)n1C. The number of aromatic nitrogens is 2. The number of hydrogen-bond acceptors (Lipinski definition) is 5. The molecule has 1 aliphatic rings. The first-order valence-corrected chi connectivity index (χ1v) is 12.2. The van der Waals surface area contributed by atoms with Crippen LogP contribution in [0.5, 0.6) is 0 Å². The van der Waals surface area contributed by atoms with Crippen LogP contribution in [0, 0.1) is 17.0 Å². The Balaban J connectivity index is 1.81. The largest absolute Gasteiger partial charge is 0.285 e. The molecule has 1 aromatic heterocycles. The Morgan fingerprint density at radius 2 is 1.39 bits per heavy atom. The van der Waals surface area contributed by atoms with Crippen LogP contribution in [0.15, 0.2) is 95.3 Å². The number of nitrogens with zero attached hydrogens (tertiary/aromatic N) is 5. The Bertz CT molecular complexity index is 1620. The number of nitro benzene ring substituents is 1. The van der Waals surface area contributed by atoms with Crippen LogP contribution in [-0.2, 0) is 11.8 Å². The van der Waals surface area contributed by atoms with Crippen LogP contribution >= 0.6 is 0 Å². The Morgan fingerprint density at radius 3 is 1.95 bits per heavy atom. The van der Waals surface area contributed by atoms with Crippen molar-refractivity contribution in [3.63, 3.8) is 0 Å². The summed E-state index contributed by atoms with van der Waals surface area (Å²) in [5, 5.41) is 14.8. The number of nitro groups is 1. The summed E-state index contributed by atoms with van der Waals surface area (Å²) in [4.78, 5) is 39.0. The van der Waals surface area contributed by atoms with Gasteiger partial charge in [0.05, 0.1) is 27.9 Å². The number of para-hydroxylation sites is 2. The van der Waals surface area contributed by atoms with E-state index >= 15 is 0 Å². The van der Waals surface area contributed by atoms with E-state index in [4.69, 9.17) is 0 Å². The predicted molar refractivity (Wildman–Crippen MR) is 146 cm³/mol. The Morgan fingerprint density at radius 1 is 0.842 bits per heavy atom. The van der Waals surface area contributed by atoms with Gasteiger partial charge in [-0.1, -0.05) is 36.4 Å². The molecule has 0 N–H and O–H groups in total. The number of anilines is 1. The molecule has 0 radical (unpaired) electrons. The van der Waals surface area contributed by atoms with Crippen molar-refractivity contribution in [3.8, 4) is 5.69 Å². The number of hydrogen-bond donors (Lipinski definition) is 0. The average molecular weight is 510 g/mol. The summed E-state index contributed by atoms with van der Waals surface area (Å²) >= 11 is 0. The van der Waals surface area contributed by atoms with Crippen molar-refractivity contribution >= 4 is 22.9 Å². The Hall–Kier alpha value is -4.76. The molecule has 1 atom stereocenters. The molecule has 192 valence electrons. The van der Waals surface area contributed by atoms with E-state index in [1.807, 2.05) is 86.6 Å². The number of benzene rings is 3. The molecule has 4 aromatic rings. The highest BCUT2D eigenvalue weighted by atomic mass is 16.6. The lowest BCUT2D eigenvalue weighted by atomic mass is 9.90. The van der Waals surface area contributed by atoms with Gasteiger partial charge in [-0.05, 0) is 55.8 Å². The highest BCUT2D eigenvalue weighted by molar-refractivity contribution is 6.15. The first kappa shape index (κ1) is 24.9. The lowest BCUT2D eigenvalue weighted by molar-refractivity contribution is -0.384. The van der Waals surface area contributed by atoms with E-state index in [0.717, 1.165) is 0 Å². The fourth-order valence-corrected chi connectivity index (χ4v) is 5.02. The van der Waals surface area contributed by atoms with Crippen molar-refractivity contribution in [1.29, 1.82) is 0 Å². The summed E-state index contributed by atoms with van der Waals surface area (Å²) in [5.41, 5.74) is 3.56. The van der Waals surface area contributed by atoms with Gasteiger partial charge < -0.3 is 0 Å². The molecule has 1 amide bonds. The number of carbonyl (C=O) groups excluding carboxylic acids is 1. The minimum Gasteiger partial charge on any atom is -0.285 e. The Kier molecular flexibility index (Phi) is 6.30. The molecule has 0 saturated carbocycles. The summed E-state index contributed by atoms with van der Waals surface area (Å²) in [7, 11) is 3.63. The van der Waals surface area contributed by atoms with Crippen LogP contribution in [0.25, 0.3) is 11.3 Å². The van der Waals surface area contributed by atoms with Gasteiger partial charge in [-0.25, -0.2) is 14.7 Å². The molecule has 9 nitrogen and oxygen atoms in total. The third kappa shape index (κ3) is 3.93. The zero-order valence-corrected chi connectivity index (χ0v) is 21.5. The van der Waals surface area contributed by atoms with Crippen molar-refractivity contribution in [1.82, 2.24) is 14.4 Å². The molecule has 0 bridgehead atoms. The molecule has 38 heavy (non-hydrogen) atoms. The van der Waals surface area contributed by atoms with E-state index in [0.29, 0.717) is 39.3 Å². The lowest BCUT2D eigenvalue weighted by Gasteiger charge is -2.25. The summed E-state index contributed by atoms with van der Waals surface area (Å²) in [6.45, 7) is 3.75. The summed E-state index contributed by atoms with van der Waals surface area (Å²) in [5.74, 6) is -0.256. The Labute approximate surface area is 219 Å². The molecular weight excluding hydrogens is 482 g/mol. The standard InChI is InChI=1S/C29H27N5O4/c1-19-25(28(35)32(30(19)3)22-11-7-5-8-12-22)27(21-15-17-24(18-16-21)34(37)38)26-20(2)31(4)33(29(26)36)23-13-9-6-10-14-23/h5-19H,1-4H3/b27-25+. The van der Waals surface area contributed by atoms with Gasteiger partial charge in [0.2, 0.25) is 0 Å².